The van der Waals surface area contributed by atoms with Gasteiger partial charge in [-0.05, 0) is 47.1 Å². The highest BCUT2D eigenvalue weighted by atomic mass is 16.5. The fraction of sp³-hybridized carbons (Fsp3) is 1.00. The van der Waals surface area contributed by atoms with Crippen molar-refractivity contribution in [2.75, 3.05) is 19.8 Å². The third kappa shape index (κ3) is 3.67. The first-order valence-electron chi connectivity index (χ1n) is 6.91. The van der Waals surface area contributed by atoms with E-state index in [9.17, 15) is 5.11 Å². The average Bonchev–Trinajstić information content (AvgIpc) is 2.23. The van der Waals surface area contributed by atoms with E-state index in [2.05, 4.69) is 39.5 Å². The van der Waals surface area contributed by atoms with E-state index in [-0.39, 0.29) is 30.4 Å². The van der Waals surface area contributed by atoms with Crippen molar-refractivity contribution in [3.63, 3.8) is 0 Å². The number of aliphatic hydroxyl groups is 2. The van der Waals surface area contributed by atoms with E-state index in [4.69, 9.17) is 9.84 Å². The molecule has 1 heterocycles. The van der Waals surface area contributed by atoms with E-state index in [0.29, 0.717) is 0 Å². The van der Waals surface area contributed by atoms with Gasteiger partial charge in [0.2, 0.25) is 0 Å². The smallest absolute Gasteiger partial charge is 0.100 e. The maximum atomic E-state index is 9.36. The summed E-state index contributed by atoms with van der Waals surface area (Å²) >= 11 is 0. The van der Waals surface area contributed by atoms with E-state index < -0.39 is 6.10 Å². The second kappa shape index (κ2) is 5.87. The monoisotopic (exact) mass is 259 g/mol. The van der Waals surface area contributed by atoms with Gasteiger partial charge in [0.25, 0.3) is 0 Å². The average molecular weight is 259 g/mol. The second-order valence-electron chi connectivity index (χ2n) is 6.57. The van der Waals surface area contributed by atoms with Crippen LogP contribution >= 0.6 is 0 Å². The Labute approximate surface area is 111 Å². The summed E-state index contributed by atoms with van der Waals surface area (Å²) in [5.41, 5.74) is 0.205. The third-order valence-electron chi connectivity index (χ3n) is 3.97. The first-order chi connectivity index (χ1) is 8.23. The summed E-state index contributed by atoms with van der Waals surface area (Å²) < 4.78 is 5.76. The highest BCUT2D eigenvalue weighted by Crippen LogP contribution is 2.39. The lowest BCUT2D eigenvalue weighted by Crippen LogP contribution is -2.62. The van der Waals surface area contributed by atoms with E-state index >= 15 is 0 Å². The highest BCUT2D eigenvalue weighted by Gasteiger charge is 2.44. The quantitative estimate of drug-likeness (QED) is 0.783. The maximum absolute atomic E-state index is 9.36. The third-order valence-corrected chi connectivity index (χ3v) is 3.97. The molecular weight excluding hydrogens is 230 g/mol. The maximum Gasteiger partial charge on any atom is 0.100 e. The number of aliphatic hydroxyl groups excluding tert-OH is 2. The molecule has 0 aliphatic carbocycles. The summed E-state index contributed by atoms with van der Waals surface area (Å²) in [5, 5.41) is 18.2. The van der Waals surface area contributed by atoms with Gasteiger partial charge in [-0.15, -0.1) is 0 Å². The molecule has 0 aromatic carbocycles. The standard InChI is InChI=1S/C14H29NO3/c1-6-15-13(2,3)7-12(8-14(15,4)5)18-10-11(17)9-16/h11-12,16-17H,6-10H2,1-5H3. The zero-order chi connectivity index (χ0) is 14.0. The Morgan fingerprint density at radius 3 is 2.11 bits per heavy atom. The Hall–Kier alpha value is -0.160. The minimum Gasteiger partial charge on any atom is -0.394 e. The molecule has 0 radical (unpaired) electrons. The number of rotatable bonds is 5. The van der Waals surface area contributed by atoms with Crippen LogP contribution in [-0.2, 0) is 4.74 Å². The fourth-order valence-corrected chi connectivity index (χ4v) is 3.50. The predicted molar refractivity (Wildman–Crippen MR) is 72.6 cm³/mol. The molecule has 0 saturated carbocycles. The molecule has 0 amide bonds. The zero-order valence-corrected chi connectivity index (χ0v) is 12.4. The summed E-state index contributed by atoms with van der Waals surface area (Å²) in [6.07, 6.45) is 1.31. The van der Waals surface area contributed by atoms with Crippen LogP contribution in [0, 0.1) is 0 Å². The number of hydrogen-bond donors (Lipinski definition) is 2. The summed E-state index contributed by atoms with van der Waals surface area (Å²) in [4.78, 5) is 2.52. The van der Waals surface area contributed by atoms with Gasteiger partial charge in [0.15, 0.2) is 0 Å². The number of nitrogens with zero attached hydrogens (tertiary/aromatic N) is 1. The van der Waals surface area contributed by atoms with Crippen molar-refractivity contribution < 1.29 is 14.9 Å². The largest absolute Gasteiger partial charge is 0.394 e. The van der Waals surface area contributed by atoms with E-state index in [1.807, 2.05) is 0 Å². The number of likely N-dealkylation sites (tertiary alicyclic amines) is 1. The van der Waals surface area contributed by atoms with Crippen LogP contribution in [0.1, 0.15) is 47.5 Å². The summed E-state index contributed by atoms with van der Waals surface area (Å²) in [7, 11) is 0. The lowest BCUT2D eigenvalue weighted by Gasteiger charge is -2.55. The topological polar surface area (TPSA) is 52.9 Å². The van der Waals surface area contributed by atoms with Gasteiger partial charge in [-0.25, -0.2) is 0 Å². The lowest BCUT2D eigenvalue weighted by atomic mass is 9.78. The van der Waals surface area contributed by atoms with Crippen LogP contribution in [0.5, 0.6) is 0 Å². The normalized spacial score (nSPS) is 26.2. The van der Waals surface area contributed by atoms with Gasteiger partial charge >= 0.3 is 0 Å². The van der Waals surface area contributed by atoms with Crippen LogP contribution in [0.15, 0.2) is 0 Å². The van der Waals surface area contributed by atoms with Crippen LogP contribution in [0.4, 0.5) is 0 Å². The Balaban J connectivity index is 2.65. The molecule has 0 bridgehead atoms. The summed E-state index contributed by atoms with van der Waals surface area (Å²) in [6, 6.07) is 0. The van der Waals surface area contributed by atoms with Crippen LogP contribution in [0.2, 0.25) is 0 Å². The minimum absolute atomic E-state index is 0.103. The van der Waals surface area contributed by atoms with Gasteiger partial charge in [-0.1, -0.05) is 6.92 Å². The molecule has 0 aromatic rings. The first kappa shape index (κ1) is 15.9. The fourth-order valence-electron chi connectivity index (χ4n) is 3.50. The van der Waals surface area contributed by atoms with Crippen LogP contribution in [0.3, 0.4) is 0 Å². The van der Waals surface area contributed by atoms with Crippen molar-refractivity contribution in [2.45, 2.75) is 70.7 Å². The second-order valence-corrected chi connectivity index (χ2v) is 6.57. The minimum atomic E-state index is -0.763. The summed E-state index contributed by atoms with van der Waals surface area (Å²) in [6.45, 7) is 12.2. The Kier molecular flexibility index (Phi) is 5.18. The van der Waals surface area contributed by atoms with Gasteiger partial charge in [0.1, 0.15) is 6.10 Å². The molecule has 1 aliphatic rings. The molecule has 18 heavy (non-hydrogen) atoms. The van der Waals surface area contributed by atoms with Gasteiger partial charge in [-0.2, -0.15) is 0 Å². The molecule has 4 heteroatoms. The predicted octanol–water partition coefficient (Wildman–Crippen LogP) is 1.40. The SMILES string of the molecule is CCN1C(C)(C)CC(OCC(O)CO)CC1(C)C. The summed E-state index contributed by atoms with van der Waals surface area (Å²) in [5.74, 6) is 0. The van der Waals surface area contributed by atoms with Crippen molar-refractivity contribution >= 4 is 0 Å². The van der Waals surface area contributed by atoms with Crippen molar-refractivity contribution in [1.82, 2.24) is 4.90 Å². The van der Waals surface area contributed by atoms with Crippen molar-refractivity contribution in [2.24, 2.45) is 0 Å². The molecule has 1 saturated heterocycles. The van der Waals surface area contributed by atoms with Crippen molar-refractivity contribution in [1.29, 1.82) is 0 Å². The molecule has 4 nitrogen and oxygen atoms in total. The molecule has 108 valence electrons. The van der Waals surface area contributed by atoms with Crippen LogP contribution in [0.25, 0.3) is 0 Å². The van der Waals surface area contributed by atoms with Crippen molar-refractivity contribution in [3.8, 4) is 0 Å². The molecule has 1 rings (SSSR count). The van der Waals surface area contributed by atoms with Gasteiger partial charge in [-0.3, -0.25) is 4.90 Å². The van der Waals surface area contributed by atoms with Gasteiger partial charge in [0, 0.05) is 11.1 Å². The number of hydrogen-bond acceptors (Lipinski definition) is 4. The molecule has 1 atom stereocenters. The molecule has 2 N–H and O–H groups in total. The van der Waals surface area contributed by atoms with E-state index in [1.54, 1.807) is 0 Å². The van der Waals surface area contributed by atoms with Crippen molar-refractivity contribution in [3.05, 3.63) is 0 Å². The van der Waals surface area contributed by atoms with Gasteiger partial charge < -0.3 is 14.9 Å². The zero-order valence-electron chi connectivity index (χ0n) is 12.4. The lowest BCUT2D eigenvalue weighted by molar-refractivity contribution is -0.117. The van der Waals surface area contributed by atoms with Crippen LogP contribution < -0.4 is 0 Å². The number of piperidine rings is 1. The molecule has 0 aromatic heterocycles. The first-order valence-corrected chi connectivity index (χ1v) is 6.91. The molecule has 1 aliphatic heterocycles. The molecule has 1 unspecified atom stereocenters. The Morgan fingerprint density at radius 1 is 1.22 bits per heavy atom. The highest BCUT2D eigenvalue weighted by molar-refractivity contribution is 5.00. The molecular formula is C14H29NO3. The molecule has 1 fully saturated rings. The Bertz CT molecular complexity index is 248. The van der Waals surface area contributed by atoms with E-state index in [1.165, 1.54) is 0 Å². The molecule has 0 spiro atoms. The Morgan fingerprint density at radius 2 is 1.72 bits per heavy atom. The van der Waals surface area contributed by atoms with Crippen LogP contribution in [-0.4, -0.2) is 58.2 Å². The number of ether oxygens (including phenoxy) is 1. The van der Waals surface area contributed by atoms with E-state index in [0.717, 1.165) is 19.4 Å². The van der Waals surface area contributed by atoms with Gasteiger partial charge in [0.05, 0.1) is 19.3 Å².